The van der Waals surface area contributed by atoms with Gasteiger partial charge in [0.2, 0.25) is 11.8 Å². The van der Waals surface area contributed by atoms with Crippen LogP contribution in [0.5, 0.6) is 0 Å². The van der Waals surface area contributed by atoms with E-state index in [9.17, 15) is 14.4 Å². The summed E-state index contributed by atoms with van der Waals surface area (Å²) in [6.45, 7) is 5.09. The fourth-order valence-electron chi connectivity index (χ4n) is 2.48. The Morgan fingerprint density at radius 3 is 2.39 bits per heavy atom. The number of nitrogens with zero attached hydrogens (tertiary/aromatic N) is 1. The van der Waals surface area contributed by atoms with Crippen molar-refractivity contribution >= 4 is 29.2 Å². The Balaban J connectivity index is 1.93. The van der Waals surface area contributed by atoms with Crippen LogP contribution in [0.4, 0.5) is 11.4 Å². The molecule has 7 heteroatoms. The second-order valence-corrected chi connectivity index (χ2v) is 5.32. The summed E-state index contributed by atoms with van der Waals surface area (Å²) in [6.07, 6.45) is 0.0557. The van der Waals surface area contributed by atoms with Crippen LogP contribution in [0.1, 0.15) is 20.3 Å². The number of esters is 1. The molecule has 1 aliphatic heterocycles. The summed E-state index contributed by atoms with van der Waals surface area (Å²) in [5.41, 5.74) is 1.26. The van der Waals surface area contributed by atoms with E-state index in [4.69, 9.17) is 4.74 Å². The molecule has 2 rings (SSSR count). The molecule has 0 aromatic heterocycles. The Hall–Kier alpha value is -2.41. The number of hydrogen-bond donors (Lipinski definition) is 2. The van der Waals surface area contributed by atoms with Crippen LogP contribution in [0.25, 0.3) is 0 Å². The molecule has 1 fully saturated rings. The molecule has 0 aliphatic carbocycles. The molecule has 2 amide bonds. The highest BCUT2D eigenvalue weighted by molar-refractivity contribution is 5.95. The zero-order valence-electron chi connectivity index (χ0n) is 13.3. The van der Waals surface area contributed by atoms with Crippen molar-refractivity contribution in [3.8, 4) is 0 Å². The Bertz CT molecular complexity index is 585. The van der Waals surface area contributed by atoms with E-state index in [1.807, 2.05) is 11.8 Å². The molecule has 0 unspecified atom stereocenters. The van der Waals surface area contributed by atoms with E-state index >= 15 is 0 Å². The summed E-state index contributed by atoms with van der Waals surface area (Å²) in [6, 6.07) is 6.25. The van der Waals surface area contributed by atoms with Crippen molar-refractivity contribution in [3.63, 3.8) is 0 Å². The van der Waals surface area contributed by atoms with Crippen LogP contribution in [0.15, 0.2) is 24.3 Å². The first-order chi connectivity index (χ1) is 11.0. The SMILES string of the molecule is CCN1CCOC(=O)[C@@H]1CC(=O)Nc1ccc(NC(C)=O)cc1. The monoisotopic (exact) mass is 319 g/mol. The van der Waals surface area contributed by atoms with Gasteiger partial charge in [-0.2, -0.15) is 0 Å². The lowest BCUT2D eigenvalue weighted by atomic mass is 10.1. The number of anilines is 2. The lowest BCUT2D eigenvalue weighted by Gasteiger charge is -2.32. The molecule has 0 radical (unpaired) electrons. The molecular weight excluding hydrogens is 298 g/mol. The Labute approximate surface area is 135 Å². The van der Waals surface area contributed by atoms with Crippen LogP contribution in [0.2, 0.25) is 0 Å². The maximum atomic E-state index is 12.1. The summed E-state index contributed by atoms with van der Waals surface area (Å²) in [5.74, 6) is -0.758. The van der Waals surface area contributed by atoms with Gasteiger partial charge in [0.15, 0.2) is 0 Å². The first-order valence-corrected chi connectivity index (χ1v) is 7.57. The number of morpholine rings is 1. The van der Waals surface area contributed by atoms with Crippen LogP contribution < -0.4 is 10.6 Å². The third-order valence-electron chi connectivity index (χ3n) is 3.61. The minimum Gasteiger partial charge on any atom is -0.463 e. The lowest BCUT2D eigenvalue weighted by molar-refractivity contribution is -0.158. The Morgan fingerprint density at radius 2 is 1.83 bits per heavy atom. The van der Waals surface area contributed by atoms with Crippen LogP contribution >= 0.6 is 0 Å². The number of cyclic esters (lactones) is 1. The van der Waals surface area contributed by atoms with Gasteiger partial charge < -0.3 is 15.4 Å². The number of likely N-dealkylation sites (N-methyl/N-ethyl adjacent to an activating group) is 1. The van der Waals surface area contributed by atoms with Crippen molar-refractivity contribution in [1.82, 2.24) is 4.90 Å². The number of hydrogen-bond acceptors (Lipinski definition) is 5. The van der Waals surface area contributed by atoms with Crippen molar-refractivity contribution in [2.24, 2.45) is 0 Å². The van der Waals surface area contributed by atoms with Gasteiger partial charge >= 0.3 is 5.97 Å². The number of carbonyl (C=O) groups is 3. The van der Waals surface area contributed by atoms with Gasteiger partial charge in [0.25, 0.3) is 0 Å². The van der Waals surface area contributed by atoms with Crippen molar-refractivity contribution in [2.75, 3.05) is 30.3 Å². The Morgan fingerprint density at radius 1 is 1.22 bits per heavy atom. The predicted molar refractivity (Wildman–Crippen MR) is 86.0 cm³/mol. The van der Waals surface area contributed by atoms with Crippen LogP contribution in [-0.4, -0.2) is 48.4 Å². The summed E-state index contributed by atoms with van der Waals surface area (Å²) < 4.78 is 5.03. The van der Waals surface area contributed by atoms with Gasteiger partial charge in [-0.15, -0.1) is 0 Å². The normalized spacial score (nSPS) is 18.2. The van der Waals surface area contributed by atoms with Crippen LogP contribution in [0.3, 0.4) is 0 Å². The van der Waals surface area contributed by atoms with Crippen LogP contribution in [0, 0.1) is 0 Å². The smallest absolute Gasteiger partial charge is 0.323 e. The molecule has 0 spiro atoms. The molecule has 124 valence electrons. The third kappa shape index (κ3) is 4.79. The highest BCUT2D eigenvalue weighted by Gasteiger charge is 2.32. The molecule has 1 saturated heterocycles. The molecular formula is C16H21N3O4. The number of carbonyl (C=O) groups excluding carboxylic acids is 3. The highest BCUT2D eigenvalue weighted by Crippen LogP contribution is 2.16. The van der Waals surface area contributed by atoms with Gasteiger partial charge in [0.1, 0.15) is 12.6 Å². The second kappa shape index (κ2) is 7.73. The van der Waals surface area contributed by atoms with Crippen molar-refractivity contribution < 1.29 is 19.1 Å². The quantitative estimate of drug-likeness (QED) is 0.797. The van der Waals surface area contributed by atoms with Crippen LogP contribution in [-0.2, 0) is 19.1 Å². The van der Waals surface area contributed by atoms with Crippen molar-refractivity contribution in [1.29, 1.82) is 0 Å². The molecule has 0 bridgehead atoms. The second-order valence-electron chi connectivity index (χ2n) is 5.32. The minimum absolute atomic E-state index is 0.0557. The van der Waals surface area contributed by atoms with E-state index < -0.39 is 6.04 Å². The fraction of sp³-hybridized carbons (Fsp3) is 0.438. The standard InChI is InChI=1S/C16H21N3O4/c1-3-19-8-9-23-16(22)14(19)10-15(21)18-13-6-4-12(5-7-13)17-11(2)20/h4-7,14H,3,8-10H2,1-2H3,(H,17,20)(H,18,21)/t14-/m0/s1. The first-order valence-electron chi connectivity index (χ1n) is 7.57. The highest BCUT2D eigenvalue weighted by atomic mass is 16.5. The summed E-state index contributed by atoms with van der Waals surface area (Å²) in [4.78, 5) is 36.8. The number of rotatable bonds is 5. The molecule has 0 saturated carbocycles. The van der Waals surface area contributed by atoms with E-state index in [0.29, 0.717) is 31.1 Å². The van der Waals surface area contributed by atoms with E-state index in [-0.39, 0.29) is 24.2 Å². The molecule has 23 heavy (non-hydrogen) atoms. The summed E-state index contributed by atoms with van der Waals surface area (Å²) in [5, 5.41) is 5.40. The van der Waals surface area contributed by atoms with Gasteiger partial charge in [-0.25, -0.2) is 0 Å². The molecule has 1 atom stereocenters. The van der Waals surface area contributed by atoms with E-state index in [1.54, 1.807) is 24.3 Å². The number of ether oxygens (including phenoxy) is 1. The molecule has 1 aromatic rings. The summed E-state index contributed by atoms with van der Waals surface area (Å²) >= 11 is 0. The average molecular weight is 319 g/mol. The van der Waals surface area contributed by atoms with E-state index in [1.165, 1.54) is 6.92 Å². The van der Waals surface area contributed by atoms with Gasteiger partial charge in [0, 0.05) is 24.8 Å². The van der Waals surface area contributed by atoms with Gasteiger partial charge in [0.05, 0.1) is 6.42 Å². The third-order valence-corrected chi connectivity index (χ3v) is 3.61. The van der Waals surface area contributed by atoms with E-state index in [0.717, 1.165) is 0 Å². The zero-order valence-corrected chi connectivity index (χ0v) is 13.3. The minimum atomic E-state index is -0.535. The molecule has 1 heterocycles. The lowest BCUT2D eigenvalue weighted by Crippen LogP contribution is -2.50. The Kier molecular flexibility index (Phi) is 5.70. The van der Waals surface area contributed by atoms with Gasteiger partial charge in [-0.05, 0) is 30.8 Å². The molecule has 7 nitrogen and oxygen atoms in total. The number of benzene rings is 1. The molecule has 1 aromatic carbocycles. The van der Waals surface area contributed by atoms with E-state index in [2.05, 4.69) is 10.6 Å². The average Bonchev–Trinajstić information content (AvgIpc) is 2.50. The first kappa shape index (κ1) is 17.0. The zero-order chi connectivity index (χ0) is 16.8. The number of amides is 2. The van der Waals surface area contributed by atoms with Crippen molar-refractivity contribution in [3.05, 3.63) is 24.3 Å². The molecule has 1 aliphatic rings. The predicted octanol–water partition coefficient (Wildman–Crippen LogP) is 1.22. The molecule has 2 N–H and O–H groups in total. The summed E-state index contributed by atoms with van der Waals surface area (Å²) in [7, 11) is 0. The largest absolute Gasteiger partial charge is 0.463 e. The maximum absolute atomic E-state index is 12.1. The van der Waals surface area contributed by atoms with Crippen molar-refractivity contribution in [2.45, 2.75) is 26.3 Å². The maximum Gasteiger partial charge on any atom is 0.323 e. The van der Waals surface area contributed by atoms with Gasteiger partial charge in [-0.3, -0.25) is 19.3 Å². The fourth-order valence-corrected chi connectivity index (χ4v) is 2.48. The van der Waals surface area contributed by atoms with Gasteiger partial charge in [-0.1, -0.05) is 6.92 Å². The number of nitrogens with one attached hydrogen (secondary N) is 2. The topological polar surface area (TPSA) is 87.7 Å².